The monoisotopic (exact) mass is 274 g/mol. The Morgan fingerprint density at radius 2 is 1.90 bits per heavy atom. The highest BCUT2D eigenvalue weighted by Crippen LogP contribution is 2.29. The number of piperazine rings is 1. The minimum absolute atomic E-state index is 0.433. The second-order valence-corrected chi connectivity index (χ2v) is 5.63. The lowest BCUT2D eigenvalue weighted by molar-refractivity contribution is -0.117. The maximum atomic E-state index is 11.4. The number of ether oxygens (including phenoxy) is 1. The van der Waals surface area contributed by atoms with Crippen molar-refractivity contribution in [2.24, 2.45) is 0 Å². The van der Waals surface area contributed by atoms with Crippen LogP contribution < -0.4 is 9.64 Å². The Kier molecular flexibility index (Phi) is 3.92. The molecular formula is C16H22N2O2. The smallest absolute Gasteiger partial charge is 0.142 e. The van der Waals surface area contributed by atoms with E-state index in [9.17, 15) is 4.79 Å². The first kappa shape index (κ1) is 13.4. The van der Waals surface area contributed by atoms with Crippen LogP contribution in [0.4, 0.5) is 5.69 Å². The molecule has 3 rings (SSSR count). The van der Waals surface area contributed by atoms with E-state index in [-0.39, 0.29) is 0 Å². The van der Waals surface area contributed by atoms with Gasteiger partial charge in [-0.3, -0.25) is 9.69 Å². The summed E-state index contributed by atoms with van der Waals surface area (Å²) in [4.78, 5) is 16.3. The van der Waals surface area contributed by atoms with E-state index in [2.05, 4.69) is 21.9 Å². The number of ketones is 1. The second-order valence-electron chi connectivity index (χ2n) is 5.63. The molecule has 1 saturated heterocycles. The molecule has 1 unspecified atom stereocenters. The number of rotatable bonds is 3. The number of carbonyl (C=O) groups excluding carboxylic acids is 1. The summed E-state index contributed by atoms with van der Waals surface area (Å²) < 4.78 is 5.44. The van der Waals surface area contributed by atoms with E-state index in [1.54, 1.807) is 7.11 Å². The number of para-hydroxylation sites is 2. The molecule has 1 saturated carbocycles. The number of nitrogens with zero attached hydrogens (tertiary/aromatic N) is 2. The summed E-state index contributed by atoms with van der Waals surface area (Å²) in [5.74, 6) is 1.37. The highest BCUT2D eigenvalue weighted by molar-refractivity contribution is 5.81. The van der Waals surface area contributed by atoms with Crippen LogP contribution in [0.3, 0.4) is 0 Å². The Labute approximate surface area is 120 Å². The maximum absolute atomic E-state index is 11.4. The highest BCUT2D eigenvalue weighted by atomic mass is 16.5. The Bertz CT molecular complexity index is 481. The number of benzene rings is 1. The lowest BCUT2D eigenvalue weighted by atomic mass is 10.1. The molecule has 1 atom stereocenters. The van der Waals surface area contributed by atoms with E-state index in [1.807, 2.05) is 12.1 Å². The predicted octanol–water partition coefficient (Wildman–Crippen LogP) is 1.94. The second kappa shape index (κ2) is 5.83. The fraction of sp³-hybridized carbons (Fsp3) is 0.562. The maximum Gasteiger partial charge on any atom is 0.142 e. The van der Waals surface area contributed by atoms with Crippen LogP contribution in [0.1, 0.15) is 19.3 Å². The zero-order valence-electron chi connectivity index (χ0n) is 12.0. The first-order chi connectivity index (χ1) is 9.78. The number of hydrogen-bond acceptors (Lipinski definition) is 4. The van der Waals surface area contributed by atoms with Crippen molar-refractivity contribution in [1.82, 2.24) is 4.90 Å². The van der Waals surface area contributed by atoms with Crippen LogP contribution in [-0.4, -0.2) is 50.0 Å². The van der Waals surface area contributed by atoms with Gasteiger partial charge < -0.3 is 9.64 Å². The summed E-state index contributed by atoms with van der Waals surface area (Å²) in [5, 5.41) is 0. The van der Waals surface area contributed by atoms with Gasteiger partial charge in [0.15, 0.2) is 0 Å². The molecule has 0 aromatic heterocycles. The first-order valence-corrected chi connectivity index (χ1v) is 7.41. The molecule has 1 aromatic carbocycles. The third kappa shape index (κ3) is 2.66. The molecular weight excluding hydrogens is 252 g/mol. The molecule has 108 valence electrons. The molecule has 20 heavy (non-hydrogen) atoms. The lowest BCUT2D eigenvalue weighted by Gasteiger charge is -2.39. The van der Waals surface area contributed by atoms with E-state index < -0.39 is 0 Å². The van der Waals surface area contributed by atoms with Crippen molar-refractivity contribution >= 4 is 11.5 Å². The minimum Gasteiger partial charge on any atom is -0.495 e. The van der Waals surface area contributed by atoms with Gasteiger partial charge in [0.25, 0.3) is 0 Å². The number of Topliss-reactive ketones (excluding diaryl/α,β-unsaturated/α-hetero) is 1. The van der Waals surface area contributed by atoms with Crippen molar-refractivity contribution in [3.8, 4) is 5.75 Å². The van der Waals surface area contributed by atoms with E-state index in [0.29, 0.717) is 11.8 Å². The molecule has 2 aliphatic rings. The minimum atomic E-state index is 0.433. The summed E-state index contributed by atoms with van der Waals surface area (Å²) in [6.45, 7) is 4.09. The lowest BCUT2D eigenvalue weighted by Crippen LogP contribution is -2.49. The van der Waals surface area contributed by atoms with Gasteiger partial charge in [0.05, 0.1) is 12.8 Å². The van der Waals surface area contributed by atoms with E-state index in [0.717, 1.165) is 51.2 Å². The summed E-state index contributed by atoms with van der Waals surface area (Å²) in [6.07, 6.45) is 2.58. The van der Waals surface area contributed by atoms with Gasteiger partial charge in [0, 0.05) is 45.1 Å². The fourth-order valence-corrected chi connectivity index (χ4v) is 3.33. The summed E-state index contributed by atoms with van der Waals surface area (Å²) >= 11 is 0. The van der Waals surface area contributed by atoms with Crippen LogP contribution in [-0.2, 0) is 4.79 Å². The average Bonchev–Trinajstić information content (AvgIpc) is 2.94. The van der Waals surface area contributed by atoms with Gasteiger partial charge in [0.2, 0.25) is 0 Å². The zero-order chi connectivity index (χ0) is 13.9. The highest BCUT2D eigenvalue weighted by Gasteiger charge is 2.30. The number of methoxy groups -OCH3 is 1. The van der Waals surface area contributed by atoms with Crippen molar-refractivity contribution in [1.29, 1.82) is 0 Å². The molecule has 1 heterocycles. The predicted molar refractivity (Wildman–Crippen MR) is 79.4 cm³/mol. The molecule has 0 amide bonds. The van der Waals surface area contributed by atoms with Gasteiger partial charge in [-0.2, -0.15) is 0 Å². The van der Waals surface area contributed by atoms with Gasteiger partial charge >= 0.3 is 0 Å². The van der Waals surface area contributed by atoms with Crippen LogP contribution in [0.5, 0.6) is 5.75 Å². The first-order valence-electron chi connectivity index (χ1n) is 7.41. The molecule has 1 aliphatic heterocycles. The Morgan fingerprint density at radius 3 is 2.55 bits per heavy atom. The van der Waals surface area contributed by atoms with Crippen LogP contribution in [0.15, 0.2) is 24.3 Å². The van der Waals surface area contributed by atoms with Crippen molar-refractivity contribution in [3.63, 3.8) is 0 Å². The van der Waals surface area contributed by atoms with Crippen molar-refractivity contribution in [2.75, 3.05) is 38.2 Å². The average molecular weight is 274 g/mol. The molecule has 1 aromatic rings. The van der Waals surface area contributed by atoms with Crippen molar-refractivity contribution in [3.05, 3.63) is 24.3 Å². The third-order valence-corrected chi connectivity index (χ3v) is 4.48. The van der Waals surface area contributed by atoms with Crippen LogP contribution >= 0.6 is 0 Å². The SMILES string of the molecule is COc1ccccc1N1CCN(C2CCC(=O)C2)CC1. The van der Waals surface area contributed by atoms with Gasteiger partial charge in [-0.05, 0) is 18.6 Å². The Morgan fingerprint density at radius 1 is 1.15 bits per heavy atom. The molecule has 0 radical (unpaired) electrons. The Hall–Kier alpha value is -1.55. The van der Waals surface area contributed by atoms with E-state index >= 15 is 0 Å². The summed E-state index contributed by atoms with van der Waals surface area (Å²) in [5.41, 5.74) is 1.18. The van der Waals surface area contributed by atoms with Crippen molar-refractivity contribution in [2.45, 2.75) is 25.3 Å². The largest absolute Gasteiger partial charge is 0.495 e. The van der Waals surface area contributed by atoms with Gasteiger partial charge in [-0.15, -0.1) is 0 Å². The molecule has 4 nitrogen and oxygen atoms in total. The zero-order valence-corrected chi connectivity index (χ0v) is 12.0. The fourth-order valence-electron chi connectivity index (χ4n) is 3.33. The number of anilines is 1. The third-order valence-electron chi connectivity index (χ3n) is 4.48. The molecule has 0 bridgehead atoms. The van der Waals surface area contributed by atoms with Gasteiger partial charge in [-0.25, -0.2) is 0 Å². The van der Waals surface area contributed by atoms with Crippen LogP contribution in [0.25, 0.3) is 0 Å². The van der Waals surface area contributed by atoms with Crippen LogP contribution in [0, 0.1) is 0 Å². The van der Waals surface area contributed by atoms with E-state index in [1.165, 1.54) is 5.69 Å². The quantitative estimate of drug-likeness (QED) is 0.843. The molecule has 0 spiro atoms. The van der Waals surface area contributed by atoms with Crippen LogP contribution in [0.2, 0.25) is 0 Å². The molecule has 1 aliphatic carbocycles. The molecule has 0 N–H and O–H groups in total. The topological polar surface area (TPSA) is 32.8 Å². The summed E-state index contributed by atoms with van der Waals surface area (Å²) in [7, 11) is 1.72. The van der Waals surface area contributed by atoms with Gasteiger partial charge in [-0.1, -0.05) is 12.1 Å². The standard InChI is InChI=1S/C16H22N2O2/c1-20-16-5-3-2-4-15(16)18-10-8-17(9-11-18)13-6-7-14(19)12-13/h2-5,13H,6-12H2,1H3. The number of hydrogen-bond donors (Lipinski definition) is 0. The molecule has 4 heteroatoms. The van der Waals surface area contributed by atoms with E-state index in [4.69, 9.17) is 4.74 Å². The van der Waals surface area contributed by atoms with Crippen molar-refractivity contribution < 1.29 is 9.53 Å². The number of carbonyl (C=O) groups is 1. The Balaban J connectivity index is 1.62. The van der Waals surface area contributed by atoms with Gasteiger partial charge in [0.1, 0.15) is 11.5 Å². The normalized spacial score (nSPS) is 24.1. The summed E-state index contributed by atoms with van der Waals surface area (Å²) in [6, 6.07) is 8.68. The molecule has 2 fully saturated rings.